The number of benzene rings is 10. The lowest BCUT2D eigenvalue weighted by molar-refractivity contribution is 0.673. The summed E-state index contributed by atoms with van der Waals surface area (Å²) in [6.45, 7) is 0. The monoisotopic (exact) mass is 808 g/mol. The Morgan fingerprint density at radius 2 is 1.06 bits per heavy atom. The van der Waals surface area contributed by atoms with E-state index in [9.17, 15) is 0 Å². The summed E-state index contributed by atoms with van der Waals surface area (Å²) in [5.74, 6) is 0. The van der Waals surface area contributed by atoms with Crippen LogP contribution in [0.1, 0.15) is 0 Å². The number of para-hydroxylation sites is 3. The van der Waals surface area contributed by atoms with Crippen molar-refractivity contribution in [2.75, 3.05) is 4.90 Å². The summed E-state index contributed by atoms with van der Waals surface area (Å²) in [7, 11) is 0. The molecule has 0 radical (unpaired) electrons. The van der Waals surface area contributed by atoms with Crippen LogP contribution in [0.3, 0.4) is 0 Å². The third kappa shape index (κ3) is 5.30. The minimum absolute atomic E-state index is 0.884. The molecule has 10 aromatic carbocycles. The molecule has 0 N–H and O–H groups in total. The normalized spacial score (nSPS) is 11.9. The van der Waals surface area contributed by atoms with Crippen molar-refractivity contribution in [3.8, 4) is 27.9 Å². The van der Waals surface area contributed by atoms with Crippen LogP contribution in [-0.4, -0.2) is 4.57 Å². The molecule has 0 fully saturated rings. The van der Waals surface area contributed by atoms with Gasteiger partial charge in [0.05, 0.1) is 27.1 Å². The number of aromatic nitrogens is 1. The molecule has 62 heavy (non-hydrogen) atoms. The first-order chi connectivity index (χ1) is 30.8. The molecule has 0 bridgehead atoms. The summed E-state index contributed by atoms with van der Waals surface area (Å²) in [5.41, 5.74) is 13.3. The highest BCUT2D eigenvalue weighted by molar-refractivity contribution is 7.26. The van der Waals surface area contributed by atoms with Gasteiger partial charge in [-0.3, -0.25) is 0 Å². The van der Waals surface area contributed by atoms with E-state index in [1.807, 2.05) is 11.3 Å². The topological polar surface area (TPSA) is 21.3 Å². The van der Waals surface area contributed by atoms with Gasteiger partial charge in [-0.15, -0.1) is 11.3 Å². The van der Waals surface area contributed by atoms with Crippen molar-refractivity contribution in [3.63, 3.8) is 0 Å². The molecule has 4 heteroatoms. The van der Waals surface area contributed by atoms with E-state index >= 15 is 0 Å². The Morgan fingerprint density at radius 3 is 1.90 bits per heavy atom. The standard InChI is InChI=1S/C58H36N2OS/c1-2-17-42-38(14-1)32-35-49-56-47(22-13-28-54(56)61-57(42)49)45-20-5-9-26-52(45)59(53-27-12-23-48-46-21-6-10-29-55(46)62-58(48)53)40-33-30-37(31-34-40)39-15-11-16-41(36-39)60-50-24-7-3-18-43(50)44-19-4-8-25-51(44)60/h1-36H. The molecule has 0 spiro atoms. The molecule has 3 aromatic heterocycles. The van der Waals surface area contributed by atoms with Crippen molar-refractivity contribution in [2.24, 2.45) is 0 Å². The highest BCUT2D eigenvalue weighted by Gasteiger charge is 2.23. The van der Waals surface area contributed by atoms with E-state index < -0.39 is 0 Å². The number of fused-ring (bicyclic) bond motifs is 11. The van der Waals surface area contributed by atoms with Gasteiger partial charge in [0.1, 0.15) is 11.2 Å². The van der Waals surface area contributed by atoms with Gasteiger partial charge >= 0.3 is 0 Å². The van der Waals surface area contributed by atoms with E-state index in [0.29, 0.717) is 0 Å². The van der Waals surface area contributed by atoms with Gasteiger partial charge in [0.25, 0.3) is 0 Å². The molecule has 0 saturated carbocycles. The van der Waals surface area contributed by atoms with Crippen molar-refractivity contribution in [1.29, 1.82) is 0 Å². The zero-order chi connectivity index (χ0) is 40.7. The number of hydrogen-bond donors (Lipinski definition) is 0. The van der Waals surface area contributed by atoms with E-state index in [1.54, 1.807) is 0 Å². The Kier molecular flexibility index (Phi) is 7.78. The largest absolute Gasteiger partial charge is 0.455 e. The van der Waals surface area contributed by atoms with Crippen LogP contribution in [0.4, 0.5) is 17.1 Å². The molecule has 0 atom stereocenters. The Hall–Kier alpha value is -7.92. The molecule has 13 aromatic rings. The lowest BCUT2D eigenvalue weighted by Crippen LogP contribution is -2.11. The fourth-order valence-corrected chi connectivity index (χ4v) is 11.0. The van der Waals surface area contributed by atoms with Gasteiger partial charge in [0, 0.05) is 59.3 Å². The molecule has 0 saturated heterocycles. The number of furan rings is 1. The third-order valence-electron chi connectivity index (χ3n) is 12.6. The predicted molar refractivity (Wildman–Crippen MR) is 264 cm³/mol. The molecule has 0 amide bonds. The maximum absolute atomic E-state index is 6.70. The van der Waals surface area contributed by atoms with Crippen molar-refractivity contribution in [2.45, 2.75) is 0 Å². The van der Waals surface area contributed by atoms with E-state index in [-0.39, 0.29) is 0 Å². The smallest absolute Gasteiger partial charge is 0.143 e. The summed E-state index contributed by atoms with van der Waals surface area (Å²) >= 11 is 1.86. The molecule has 0 unspecified atom stereocenters. The summed E-state index contributed by atoms with van der Waals surface area (Å²) in [6.07, 6.45) is 0. The maximum atomic E-state index is 6.70. The first-order valence-electron chi connectivity index (χ1n) is 21.1. The lowest BCUT2D eigenvalue weighted by atomic mass is 9.96. The molecule has 3 heterocycles. The molecular weight excluding hydrogens is 773 g/mol. The first-order valence-corrected chi connectivity index (χ1v) is 21.9. The first kappa shape index (κ1) is 34.9. The number of thiophene rings is 1. The summed E-state index contributed by atoms with van der Waals surface area (Å²) in [5, 5.41) is 9.61. The van der Waals surface area contributed by atoms with Crippen LogP contribution in [0.5, 0.6) is 0 Å². The van der Waals surface area contributed by atoms with Gasteiger partial charge in [-0.1, -0.05) is 152 Å². The lowest BCUT2D eigenvalue weighted by Gasteiger charge is -2.28. The van der Waals surface area contributed by atoms with E-state index in [2.05, 4.69) is 228 Å². The van der Waals surface area contributed by atoms with E-state index in [4.69, 9.17) is 4.42 Å². The molecule has 0 aliphatic rings. The SMILES string of the molecule is c1cc(-c2ccc(N(c3ccccc3-c3cccc4oc5c6ccccc6ccc5c34)c3cccc4c3sc3ccccc34)cc2)cc(-n2c3ccccc3c3ccccc32)c1. The highest BCUT2D eigenvalue weighted by Crippen LogP contribution is 2.49. The zero-order valence-corrected chi connectivity index (χ0v) is 34.3. The number of hydrogen-bond acceptors (Lipinski definition) is 3. The average Bonchev–Trinajstić information content (AvgIpc) is 4.03. The van der Waals surface area contributed by atoms with Crippen LogP contribution in [0, 0.1) is 0 Å². The third-order valence-corrected chi connectivity index (χ3v) is 13.8. The second-order valence-corrected chi connectivity index (χ2v) is 17.1. The minimum Gasteiger partial charge on any atom is -0.455 e. The minimum atomic E-state index is 0.884. The van der Waals surface area contributed by atoms with Crippen LogP contribution in [-0.2, 0) is 0 Å². The molecule has 3 nitrogen and oxygen atoms in total. The van der Waals surface area contributed by atoms with E-state index in [1.165, 1.54) is 52.9 Å². The fourth-order valence-electron chi connectivity index (χ4n) is 9.82. The second-order valence-electron chi connectivity index (χ2n) is 16.0. The van der Waals surface area contributed by atoms with Gasteiger partial charge in [-0.2, -0.15) is 0 Å². The van der Waals surface area contributed by atoms with Crippen molar-refractivity contribution in [1.82, 2.24) is 4.57 Å². The molecule has 13 rings (SSSR count). The Labute approximate surface area is 361 Å². The summed E-state index contributed by atoms with van der Waals surface area (Å²) in [6, 6.07) is 79.2. The second kappa shape index (κ2) is 13.8. The van der Waals surface area contributed by atoms with Crippen LogP contribution in [0.25, 0.3) is 103 Å². The molecule has 290 valence electrons. The molecule has 0 aliphatic carbocycles. The van der Waals surface area contributed by atoms with Gasteiger partial charge in [0.2, 0.25) is 0 Å². The Morgan fingerprint density at radius 1 is 0.419 bits per heavy atom. The Bertz CT molecular complexity index is 3830. The van der Waals surface area contributed by atoms with Crippen LogP contribution in [0.2, 0.25) is 0 Å². The summed E-state index contributed by atoms with van der Waals surface area (Å²) < 4.78 is 11.6. The van der Waals surface area contributed by atoms with Crippen molar-refractivity contribution in [3.05, 3.63) is 218 Å². The number of anilines is 3. The van der Waals surface area contributed by atoms with Gasteiger partial charge < -0.3 is 13.9 Å². The maximum Gasteiger partial charge on any atom is 0.143 e. The van der Waals surface area contributed by atoms with Crippen LogP contribution in [0.15, 0.2) is 223 Å². The number of rotatable bonds is 6. The van der Waals surface area contributed by atoms with Crippen LogP contribution < -0.4 is 4.90 Å². The summed E-state index contributed by atoms with van der Waals surface area (Å²) in [4.78, 5) is 2.46. The molecule has 0 aliphatic heterocycles. The number of nitrogens with zero attached hydrogens (tertiary/aromatic N) is 2. The van der Waals surface area contributed by atoms with Crippen molar-refractivity contribution < 1.29 is 4.42 Å². The Balaban J connectivity index is 0.994. The van der Waals surface area contributed by atoms with E-state index in [0.717, 1.165) is 66.8 Å². The molecular formula is C58H36N2OS. The zero-order valence-electron chi connectivity index (χ0n) is 33.5. The highest BCUT2D eigenvalue weighted by atomic mass is 32.1. The van der Waals surface area contributed by atoms with Gasteiger partial charge in [-0.05, 0) is 88.8 Å². The van der Waals surface area contributed by atoms with Gasteiger partial charge in [-0.25, -0.2) is 0 Å². The van der Waals surface area contributed by atoms with Gasteiger partial charge in [0.15, 0.2) is 0 Å². The quantitative estimate of drug-likeness (QED) is 0.167. The fraction of sp³-hybridized carbons (Fsp3) is 0. The van der Waals surface area contributed by atoms with Crippen LogP contribution >= 0.6 is 11.3 Å². The van der Waals surface area contributed by atoms with Crippen molar-refractivity contribution >= 4 is 103 Å². The predicted octanol–water partition coefficient (Wildman–Crippen LogP) is 17.0. The average molecular weight is 809 g/mol.